The van der Waals surface area contributed by atoms with Gasteiger partial charge >= 0.3 is 0 Å². The van der Waals surface area contributed by atoms with E-state index in [-0.39, 0.29) is 0 Å². The van der Waals surface area contributed by atoms with Crippen LogP contribution in [0.15, 0.2) is 30.3 Å². The molecule has 0 radical (unpaired) electrons. The second kappa shape index (κ2) is 6.60. The van der Waals surface area contributed by atoms with E-state index in [1.807, 2.05) is 0 Å². The molecule has 1 heterocycles. The number of aromatic nitrogens is 1. The molecule has 2 heteroatoms. The number of rotatable bonds is 7. The molecule has 0 spiro atoms. The fourth-order valence-electron chi connectivity index (χ4n) is 2.41. The van der Waals surface area contributed by atoms with Crippen LogP contribution in [0.1, 0.15) is 44.7 Å². The molecule has 0 aliphatic heterocycles. The van der Waals surface area contributed by atoms with Crippen molar-refractivity contribution in [1.29, 1.82) is 0 Å². The van der Waals surface area contributed by atoms with Gasteiger partial charge in [-0.3, -0.25) is 0 Å². The van der Waals surface area contributed by atoms with Gasteiger partial charge in [-0.05, 0) is 36.8 Å². The van der Waals surface area contributed by atoms with Crippen molar-refractivity contribution in [1.82, 2.24) is 4.98 Å². The van der Waals surface area contributed by atoms with E-state index in [2.05, 4.69) is 42.2 Å². The quantitative estimate of drug-likeness (QED) is 0.710. The molecule has 1 unspecified atom stereocenters. The van der Waals surface area contributed by atoms with Crippen LogP contribution in [0.2, 0.25) is 0 Å². The highest BCUT2D eigenvalue weighted by Crippen LogP contribution is 2.16. The normalized spacial score (nSPS) is 13.0. The van der Waals surface area contributed by atoms with Gasteiger partial charge in [0.1, 0.15) is 0 Å². The summed E-state index contributed by atoms with van der Waals surface area (Å²) in [6, 6.07) is 11.0. The summed E-state index contributed by atoms with van der Waals surface area (Å²) in [5, 5.41) is 1.30. The van der Waals surface area contributed by atoms with E-state index in [9.17, 15) is 0 Å². The number of nitrogens with two attached hydrogens (primary N) is 1. The third kappa shape index (κ3) is 3.61. The van der Waals surface area contributed by atoms with Gasteiger partial charge in [0.05, 0.1) is 0 Å². The van der Waals surface area contributed by atoms with Crippen LogP contribution < -0.4 is 5.73 Å². The first-order valence-corrected chi connectivity index (χ1v) is 7.12. The lowest BCUT2D eigenvalue weighted by Gasteiger charge is -2.10. The van der Waals surface area contributed by atoms with E-state index >= 15 is 0 Å². The smallest absolute Gasteiger partial charge is 0.0456 e. The Labute approximate surface area is 110 Å². The van der Waals surface area contributed by atoms with Crippen LogP contribution in [-0.4, -0.2) is 11.0 Å². The van der Waals surface area contributed by atoms with Crippen LogP contribution in [0, 0.1) is 0 Å². The van der Waals surface area contributed by atoms with E-state index < -0.39 is 0 Å². The number of hydrogen-bond donors (Lipinski definition) is 2. The molecule has 2 rings (SSSR count). The number of benzene rings is 1. The van der Waals surface area contributed by atoms with Gasteiger partial charge in [0, 0.05) is 17.3 Å². The molecular weight excluding hydrogens is 220 g/mol. The average molecular weight is 244 g/mol. The van der Waals surface area contributed by atoms with Gasteiger partial charge in [0.25, 0.3) is 0 Å². The SMILES string of the molecule is CCCCCC(N)CCc1cc2ccccc2[nH]1. The van der Waals surface area contributed by atoms with Gasteiger partial charge in [0.2, 0.25) is 0 Å². The maximum Gasteiger partial charge on any atom is 0.0456 e. The van der Waals surface area contributed by atoms with Crippen molar-refractivity contribution in [2.24, 2.45) is 5.73 Å². The maximum atomic E-state index is 6.14. The van der Waals surface area contributed by atoms with Gasteiger partial charge in [-0.1, -0.05) is 44.4 Å². The van der Waals surface area contributed by atoms with E-state index in [1.54, 1.807) is 0 Å². The molecule has 0 aliphatic rings. The van der Waals surface area contributed by atoms with E-state index in [0.29, 0.717) is 6.04 Å². The van der Waals surface area contributed by atoms with Crippen LogP contribution in [0.25, 0.3) is 10.9 Å². The van der Waals surface area contributed by atoms with Crippen molar-refractivity contribution in [3.8, 4) is 0 Å². The largest absolute Gasteiger partial charge is 0.358 e. The van der Waals surface area contributed by atoms with Gasteiger partial charge in [0.15, 0.2) is 0 Å². The Morgan fingerprint density at radius 1 is 1.17 bits per heavy atom. The molecule has 2 aromatic rings. The number of fused-ring (bicyclic) bond motifs is 1. The number of para-hydroxylation sites is 1. The molecule has 0 bridgehead atoms. The van der Waals surface area contributed by atoms with Crippen molar-refractivity contribution in [3.63, 3.8) is 0 Å². The fourth-order valence-corrected chi connectivity index (χ4v) is 2.41. The highest BCUT2D eigenvalue weighted by atomic mass is 14.7. The molecule has 18 heavy (non-hydrogen) atoms. The van der Waals surface area contributed by atoms with Gasteiger partial charge in [-0.2, -0.15) is 0 Å². The summed E-state index contributed by atoms with van der Waals surface area (Å²) in [4.78, 5) is 3.46. The minimum atomic E-state index is 0.350. The monoisotopic (exact) mass is 244 g/mol. The predicted octanol–water partition coefficient (Wildman–Crippen LogP) is 4.01. The molecule has 98 valence electrons. The van der Waals surface area contributed by atoms with Gasteiger partial charge < -0.3 is 10.7 Å². The molecule has 0 amide bonds. The maximum absolute atomic E-state index is 6.14. The summed E-state index contributed by atoms with van der Waals surface area (Å²) >= 11 is 0. The number of aromatic amines is 1. The topological polar surface area (TPSA) is 41.8 Å². The zero-order chi connectivity index (χ0) is 12.8. The lowest BCUT2D eigenvalue weighted by atomic mass is 10.0. The molecule has 1 aromatic heterocycles. The third-order valence-electron chi connectivity index (χ3n) is 3.55. The van der Waals surface area contributed by atoms with Crippen molar-refractivity contribution >= 4 is 10.9 Å². The molecular formula is C16H24N2. The molecule has 1 atom stereocenters. The number of nitrogens with one attached hydrogen (secondary N) is 1. The highest BCUT2D eigenvalue weighted by molar-refractivity contribution is 5.80. The lowest BCUT2D eigenvalue weighted by molar-refractivity contribution is 0.527. The number of aryl methyl sites for hydroxylation is 1. The number of unbranched alkanes of at least 4 members (excludes halogenated alkanes) is 2. The zero-order valence-electron chi connectivity index (χ0n) is 11.3. The molecule has 2 nitrogen and oxygen atoms in total. The molecule has 1 aromatic carbocycles. The average Bonchev–Trinajstić information content (AvgIpc) is 2.79. The molecule has 0 fully saturated rings. The minimum absolute atomic E-state index is 0.350. The fraction of sp³-hybridized carbons (Fsp3) is 0.500. The van der Waals surface area contributed by atoms with Gasteiger partial charge in [-0.25, -0.2) is 0 Å². The van der Waals surface area contributed by atoms with Crippen LogP contribution in [0.3, 0.4) is 0 Å². The van der Waals surface area contributed by atoms with Crippen LogP contribution in [0.5, 0.6) is 0 Å². The third-order valence-corrected chi connectivity index (χ3v) is 3.55. The Morgan fingerprint density at radius 3 is 2.78 bits per heavy atom. The Bertz CT molecular complexity index is 440. The summed E-state index contributed by atoms with van der Waals surface area (Å²) in [5.74, 6) is 0. The summed E-state index contributed by atoms with van der Waals surface area (Å²) in [6.07, 6.45) is 7.14. The predicted molar refractivity (Wildman–Crippen MR) is 78.7 cm³/mol. The Kier molecular flexibility index (Phi) is 4.82. The van der Waals surface area contributed by atoms with Crippen molar-refractivity contribution < 1.29 is 0 Å². The zero-order valence-corrected chi connectivity index (χ0v) is 11.3. The lowest BCUT2D eigenvalue weighted by Crippen LogP contribution is -2.20. The number of hydrogen-bond acceptors (Lipinski definition) is 1. The first-order valence-electron chi connectivity index (χ1n) is 7.12. The highest BCUT2D eigenvalue weighted by Gasteiger charge is 2.05. The van der Waals surface area contributed by atoms with Crippen LogP contribution in [-0.2, 0) is 6.42 Å². The molecule has 0 saturated carbocycles. The van der Waals surface area contributed by atoms with Gasteiger partial charge in [-0.15, -0.1) is 0 Å². The Hall–Kier alpha value is -1.28. The summed E-state index contributed by atoms with van der Waals surface area (Å²) in [7, 11) is 0. The molecule has 0 saturated heterocycles. The second-order valence-corrected chi connectivity index (χ2v) is 5.18. The van der Waals surface area contributed by atoms with Crippen molar-refractivity contribution in [2.75, 3.05) is 0 Å². The second-order valence-electron chi connectivity index (χ2n) is 5.18. The van der Waals surface area contributed by atoms with Crippen LogP contribution in [0.4, 0.5) is 0 Å². The van der Waals surface area contributed by atoms with E-state index in [0.717, 1.165) is 19.3 Å². The summed E-state index contributed by atoms with van der Waals surface area (Å²) in [6.45, 7) is 2.23. The summed E-state index contributed by atoms with van der Waals surface area (Å²) < 4.78 is 0. The molecule has 0 aliphatic carbocycles. The summed E-state index contributed by atoms with van der Waals surface area (Å²) in [5.41, 5.74) is 8.68. The Balaban J connectivity index is 1.82. The van der Waals surface area contributed by atoms with Crippen LogP contribution >= 0.6 is 0 Å². The Morgan fingerprint density at radius 2 is 2.00 bits per heavy atom. The molecule has 3 N–H and O–H groups in total. The van der Waals surface area contributed by atoms with Crippen molar-refractivity contribution in [3.05, 3.63) is 36.0 Å². The van der Waals surface area contributed by atoms with E-state index in [4.69, 9.17) is 5.73 Å². The van der Waals surface area contributed by atoms with E-state index in [1.165, 1.54) is 35.9 Å². The standard InChI is InChI=1S/C16H24N2/c1-2-3-4-8-14(17)10-11-15-12-13-7-5-6-9-16(13)18-15/h5-7,9,12,14,18H,2-4,8,10-11,17H2,1H3. The number of H-pyrrole nitrogens is 1. The van der Waals surface area contributed by atoms with Crippen molar-refractivity contribution in [2.45, 2.75) is 51.5 Å². The first-order chi connectivity index (χ1) is 8.79. The first kappa shape index (κ1) is 13.2. The minimum Gasteiger partial charge on any atom is -0.358 e.